The van der Waals surface area contributed by atoms with E-state index in [0.717, 1.165) is 37.3 Å². The first-order valence-corrected chi connectivity index (χ1v) is 10.7. The van der Waals surface area contributed by atoms with Gasteiger partial charge >= 0.3 is 0 Å². The van der Waals surface area contributed by atoms with Crippen LogP contribution in [-0.4, -0.2) is 40.0 Å². The zero-order chi connectivity index (χ0) is 20.9. The van der Waals surface area contributed by atoms with Crippen LogP contribution in [0.1, 0.15) is 38.0 Å². The van der Waals surface area contributed by atoms with Gasteiger partial charge in [-0.15, -0.1) is 10.2 Å². The second kappa shape index (κ2) is 9.23. The fourth-order valence-electron chi connectivity index (χ4n) is 3.10. The van der Waals surface area contributed by atoms with Crippen LogP contribution in [0.5, 0.6) is 5.75 Å². The number of nitrogens with zero attached hydrogens (tertiary/aromatic N) is 3. The largest absolute Gasteiger partial charge is 0.486 e. The average molecular weight is 443 g/mol. The number of carbonyl (C=O) groups is 2. The van der Waals surface area contributed by atoms with Crippen molar-refractivity contribution in [1.29, 1.82) is 0 Å². The quantitative estimate of drug-likeness (QED) is 0.616. The van der Waals surface area contributed by atoms with E-state index in [1.54, 1.807) is 48.5 Å². The number of benzene rings is 2. The van der Waals surface area contributed by atoms with Gasteiger partial charge in [-0.2, -0.15) is 0 Å². The van der Waals surface area contributed by atoms with Crippen molar-refractivity contribution in [3.63, 3.8) is 0 Å². The van der Waals surface area contributed by atoms with Crippen molar-refractivity contribution in [1.82, 2.24) is 15.1 Å². The Kier molecular flexibility index (Phi) is 6.25. The second-order valence-electron chi connectivity index (χ2n) is 6.78. The summed E-state index contributed by atoms with van der Waals surface area (Å²) in [6.45, 7) is 1.82. The third-order valence-electron chi connectivity index (χ3n) is 4.60. The minimum absolute atomic E-state index is 0.0542. The summed E-state index contributed by atoms with van der Waals surface area (Å²) in [6, 6.07) is 13.9. The van der Waals surface area contributed by atoms with E-state index in [1.807, 2.05) is 4.90 Å². The first-order valence-electron chi connectivity index (χ1n) is 9.50. The fraction of sp³-hybridized carbons (Fsp3) is 0.238. The van der Waals surface area contributed by atoms with Gasteiger partial charge in [0.1, 0.15) is 12.4 Å². The number of rotatable bonds is 6. The summed E-state index contributed by atoms with van der Waals surface area (Å²) in [5.74, 6) is 0.317. The van der Waals surface area contributed by atoms with Crippen molar-refractivity contribution in [2.24, 2.45) is 0 Å². The zero-order valence-electron chi connectivity index (χ0n) is 16.0. The molecule has 1 saturated heterocycles. The van der Waals surface area contributed by atoms with Gasteiger partial charge in [-0.05, 0) is 55.3 Å². The van der Waals surface area contributed by atoms with Gasteiger partial charge < -0.3 is 15.0 Å². The van der Waals surface area contributed by atoms with Crippen LogP contribution < -0.4 is 10.1 Å². The van der Waals surface area contributed by atoms with Crippen molar-refractivity contribution in [3.05, 3.63) is 69.1 Å². The Morgan fingerprint density at radius 2 is 1.87 bits per heavy atom. The lowest BCUT2D eigenvalue weighted by Crippen LogP contribution is -2.27. The molecule has 30 heavy (non-hydrogen) atoms. The molecule has 1 aliphatic rings. The van der Waals surface area contributed by atoms with Gasteiger partial charge in [0.2, 0.25) is 5.01 Å². The van der Waals surface area contributed by atoms with Crippen LogP contribution in [0.25, 0.3) is 0 Å². The number of anilines is 1. The Bertz CT molecular complexity index is 1050. The Labute approximate surface area is 182 Å². The maximum Gasteiger partial charge on any atom is 0.286 e. The predicted molar refractivity (Wildman–Crippen MR) is 115 cm³/mol. The van der Waals surface area contributed by atoms with E-state index in [4.69, 9.17) is 16.3 Å². The maximum absolute atomic E-state index is 12.4. The summed E-state index contributed by atoms with van der Waals surface area (Å²) in [4.78, 5) is 26.5. The van der Waals surface area contributed by atoms with Gasteiger partial charge in [0.25, 0.3) is 11.8 Å². The monoisotopic (exact) mass is 442 g/mol. The number of nitrogens with one attached hydrogen (secondary N) is 1. The Morgan fingerprint density at radius 3 is 2.60 bits per heavy atom. The third-order valence-corrected chi connectivity index (χ3v) is 5.73. The number of hydrogen-bond donors (Lipinski definition) is 1. The first-order chi connectivity index (χ1) is 14.6. The van der Waals surface area contributed by atoms with Crippen LogP contribution in [0.4, 0.5) is 5.69 Å². The van der Waals surface area contributed by atoms with Crippen LogP contribution in [0, 0.1) is 0 Å². The molecule has 2 amide bonds. The molecule has 9 heteroatoms. The number of halogens is 1. The number of hydrogen-bond acceptors (Lipinski definition) is 6. The third kappa shape index (κ3) is 4.95. The highest BCUT2D eigenvalue weighted by molar-refractivity contribution is 7.13. The van der Waals surface area contributed by atoms with E-state index in [2.05, 4.69) is 15.5 Å². The average Bonchev–Trinajstić information content (AvgIpc) is 3.44. The number of carbonyl (C=O) groups excluding carboxylic acids is 2. The number of likely N-dealkylation sites (tertiary alicyclic amines) is 1. The molecule has 0 radical (unpaired) electrons. The normalized spacial score (nSPS) is 13.3. The van der Waals surface area contributed by atoms with Gasteiger partial charge in [-0.1, -0.05) is 29.0 Å². The number of aromatic nitrogens is 2. The van der Waals surface area contributed by atoms with Gasteiger partial charge in [-0.3, -0.25) is 9.59 Å². The summed E-state index contributed by atoms with van der Waals surface area (Å²) in [7, 11) is 0. The van der Waals surface area contributed by atoms with Crippen LogP contribution in [0.2, 0.25) is 5.02 Å². The molecule has 4 rings (SSSR count). The van der Waals surface area contributed by atoms with Gasteiger partial charge in [-0.25, -0.2) is 0 Å². The molecule has 1 aromatic heterocycles. The summed E-state index contributed by atoms with van der Waals surface area (Å²) >= 11 is 7.08. The predicted octanol–water partition coefficient (Wildman–Crippen LogP) is 4.26. The first kappa shape index (κ1) is 20.3. The summed E-state index contributed by atoms with van der Waals surface area (Å²) < 4.78 is 5.71. The molecular weight excluding hydrogens is 424 g/mol. The standard InChI is InChI=1S/C21H19ClN4O3S/c22-15-4-3-5-16(12-15)23-19(27)20-25-24-18(30-20)13-29-17-8-6-14(7-9-17)21(28)26-10-1-2-11-26/h3-9,12H,1-2,10-11,13H2,(H,23,27). The van der Waals surface area contributed by atoms with Crippen molar-refractivity contribution in [2.45, 2.75) is 19.4 Å². The van der Waals surface area contributed by atoms with Crippen LogP contribution in [0.3, 0.4) is 0 Å². The Morgan fingerprint density at radius 1 is 1.10 bits per heavy atom. The van der Waals surface area contributed by atoms with Crippen LogP contribution >= 0.6 is 22.9 Å². The minimum atomic E-state index is -0.356. The molecule has 0 aliphatic carbocycles. The summed E-state index contributed by atoms with van der Waals surface area (Å²) in [6.07, 6.45) is 2.13. The molecule has 1 aliphatic heterocycles. The molecule has 2 heterocycles. The molecule has 1 N–H and O–H groups in total. The lowest BCUT2D eigenvalue weighted by molar-refractivity contribution is 0.0792. The molecular formula is C21H19ClN4O3S. The smallest absolute Gasteiger partial charge is 0.286 e. The molecule has 3 aromatic rings. The van der Waals surface area contributed by atoms with Crippen molar-refractivity contribution >= 4 is 40.4 Å². The van der Waals surface area contributed by atoms with Crippen LogP contribution in [0.15, 0.2) is 48.5 Å². The molecule has 0 saturated carbocycles. The van der Waals surface area contributed by atoms with E-state index < -0.39 is 0 Å². The Hall–Kier alpha value is -2.97. The van der Waals surface area contributed by atoms with E-state index in [0.29, 0.717) is 27.0 Å². The topological polar surface area (TPSA) is 84.4 Å². The molecule has 0 atom stereocenters. The molecule has 7 nitrogen and oxygen atoms in total. The number of amides is 2. The summed E-state index contributed by atoms with van der Waals surface area (Å²) in [5, 5.41) is 12.0. The minimum Gasteiger partial charge on any atom is -0.486 e. The van der Waals surface area contributed by atoms with E-state index in [1.165, 1.54) is 0 Å². The highest BCUT2D eigenvalue weighted by atomic mass is 35.5. The van der Waals surface area contributed by atoms with E-state index in [9.17, 15) is 9.59 Å². The van der Waals surface area contributed by atoms with Gasteiger partial charge in [0, 0.05) is 29.4 Å². The summed E-state index contributed by atoms with van der Waals surface area (Å²) in [5.41, 5.74) is 1.24. The Balaban J connectivity index is 1.31. The fourth-order valence-corrected chi connectivity index (χ4v) is 3.93. The molecule has 1 fully saturated rings. The van der Waals surface area contributed by atoms with E-state index >= 15 is 0 Å². The van der Waals surface area contributed by atoms with Gasteiger partial charge in [0.15, 0.2) is 5.01 Å². The molecule has 0 unspecified atom stereocenters. The maximum atomic E-state index is 12.4. The van der Waals surface area contributed by atoms with E-state index in [-0.39, 0.29) is 23.4 Å². The highest BCUT2D eigenvalue weighted by Gasteiger charge is 2.19. The SMILES string of the molecule is O=C(Nc1cccc(Cl)c1)c1nnc(COc2ccc(C(=O)N3CCCC3)cc2)s1. The van der Waals surface area contributed by atoms with Gasteiger partial charge in [0.05, 0.1) is 0 Å². The van der Waals surface area contributed by atoms with Crippen molar-refractivity contribution in [2.75, 3.05) is 18.4 Å². The molecule has 0 spiro atoms. The van der Waals surface area contributed by atoms with Crippen molar-refractivity contribution in [3.8, 4) is 5.75 Å². The zero-order valence-corrected chi connectivity index (χ0v) is 17.6. The molecule has 0 bridgehead atoms. The van der Waals surface area contributed by atoms with Crippen LogP contribution in [-0.2, 0) is 6.61 Å². The lowest BCUT2D eigenvalue weighted by Gasteiger charge is -2.15. The molecule has 2 aromatic carbocycles. The number of ether oxygens (including phenoxy) is 1. The molecule has 154 valence electrons. The second-order valence-corrected chi connectivity index (χ2v) is 8.28. The lowest BCUT2D eigenvalue weighted by atomic mass is 10.2. The highest BCUT2D eigenvalue weighted by Crippen LogP contribution is 2.20. The van der Waals surface area contributed by atoms with Crippen molar-refractivity contribution < 1.29 is 14.3 Å².